The standard InChI is InChI=1S/C12H21N3O2S/c1-11(2,8(13)18)9(16)15-7-6-14(5)10(17)12(15,3)4/h6-7H2,1-5H3,(H2,13,18). The van der Waals surface area contributed by atoms with E-state index in [9.17, 15) is 9.59 Å². The van der Waals surface area contributed by atoms with Crippen molar-refractivity contribution in [2.75, 3.05) is 20.1 Å². The molecule has 1 aliphatic heterocycles. The molecule has 1 rings (SSSR count). The molecule has 102 valence electrons. The van der Waals surface area contributed by atoms with E-state index in [1.165, 1.54) is 0 Å². The van der Waals surface area contributed by atoms with E-state index in [1.54, 1.807) is 44.5 Å². The van der Waals surface area contributed by atoms with Gasteiger partial charge in [0.25, 0.3) is 0 Å². The number of likely N-dealkylation sites (N-methyl/N-ethyl adjacent to an activating group) is 1. The maximum atomic E-state index is 12.5. The van der Waals surface area contributed by atoms with Crippen LogP contribution in [0.15, 0.2) is 0 Å². The average molecular weight is 271 g/mol. The normalized spacial score (nSPS) is 19.9. The number of hydrogen-bond donors (Lipinski definition) is 1. The van der Waals surface area contributed by atoms with Gasteiger partial charge in [-0.3, -0.25) is 9.59 Å². The van der Waals surface area contributed by atoms with Gasteiger partial charge in [0.05, 0.1) is 10.4 Å². The maximum absolute atomic E-state index is 12.5. The van der Waals surface area contributed by atoms with Gasteiger partial charge in [-0.1, -0.05) is 12.2 Å². The molecule has 0 atom stereocenters. The van der Waals surface area contributed by atoms with Crippen LogP contribution in [-0.2, 0) is 9.59 Å². The molecule has 1 aliphatic rings. The van der Waals surface area contributed by atoms with Crippen molar-refractivity contribution >= 4 is 29.0 Å². The molecular weight excluding hydrogens is 250 g/mol. The molecule has 0 saturated carbocycles. The van der Waals surface area contributed by atoms with Gasteiger partial charge in [-0.2, -0.15) is 0 Å². The van der Waals surface area contributed by atoms with Crippen molar-refractivity contribution in [1.82, 2.24) is 9.80 Å². The first-order chi connectivity index (χ1) is 8.02. The molecule has 0 unspecified atom stereocenters. The number of hydrogen-bond acceptors (Lipinski definition) is 3. The summed E-state index contributed by atoms with van der Waals surface area (Å²) in [4.78, 5) is 28.0. The van der Waals surface area contributed by atoms with Crippen molar-refractivity contribution in [3.8, 4) is 0 Å². The van der Waals surface area contributed by atoms with Crippen LogP contribution in [-0.4, -0.2) is 52.3 Å². The number of thiocarbonyl (C=S) groups is 1. The van der Waals surface area contributed by atoms with E-state index >= 15 is 0 Å². The highest BCUT2D eigenvalue weighted by molar-refractivity contribution is 7.80. The maximum Gasteiger partial charge on any atom is 0.247 e. The summed E-state index contributed by atoms with van der Waals surface area (Å²) in [6.45, 7) is 7.91. The molecule has 0 aromatic rings. The van der Waals surface area contributed by atoms with Crippen LogP contribution in [0.4, 0.5) is 0 Å². The zero-order valence-electron chi connectivity index (χ0n) is 11.6. The minimum atomic E-state index is -0.928. The van der Waals surface area contributed by atoms with E-state index < -0.39 is 11.0 Å². The summed E-state index contributed by atoms with van der Waals surface area (Å²) >= 11 is 4.94. The third kappa shape index (κ3) is 2.21. The summed E-state index contributed by atoms with van der Waals surface area (Å²) < 4.78 is 0. The highest BCUT2D eigenvalue weighted by Crippen LogP contribution is 2.28. The van der Waals surface area contributed by atoms with Crippen molar-refractivity contribution < 1.29 is 9.59 Å². The van der Waals surface area contributed by atoms with Gasteiger partial charge in [0.15, 0.2) is 0 Å². The fraction of sp³-hybridized carbons (Fsp3) is 0.750. The van der Waals surface area contributed by atoms with E-state index in [0.717, 1.165) is 0 Å². The molecule has 5 nitrogen and oxygen atoms in total. The smallest absolute Gasteiger partial charge is 0.247 e. The lowest BCUT2D eigenvalue weighted by Gasteiger charge is -2.47. The molecule has 1 fully saturated rings. The number of amides is 2. The monoisotopic (exact) mass is 271 g/mol. The third-order valence-electron chi connectivity index (χ3n) is 3.60. The quantitative estimate of drug-likeness (QED) is 0.737. The van der Waals surface area contributed by atoms with Gasteiger partial charge in [0, 0.05) is 20.1 Å². The van der Waals surface area contributed by atoms with Crippen LogP contribution in [0.5, 0.6) is 0 Å². The van der Waals surface area contributed by atoms with Crippen LogP contribution in [0.2, 0.25) is 0 Å². The van der Waals surface area contributed by atoms with Crippen molar-refractivity contribution in [3.05, 3.63) is 0 Å². The van der Waals surface area contributed by atoms with Crippen LogP contribution in [0.1, 0.15) is 27.7 Å². The molecule has 0 aliphatic carbocycles. The molecule has 0 bridgehead atoms. The lowest BCUT2D eigenvalue weighted by molar-refractivity contribution is -0.160. The number of carbonyl (C=O) groups excluding carboxylic acids is 2. The third-order valence-corrected chi connectivity index (χ3v) is 4.11. The fourth-order valence-corrected chi connectivity index (χ4v) is 2.10. The highest BCUT2D eigenvalue weighted by atomic mass is 32.1. The Hall–Kier alpha value is -1.17. The Morgan fingerprint density at radius 1 is 1.39 bits per heavy atom. The van der Waals surface area contributed by atoms with Gasteiger partial charge in [0.2, 0.25) is 11.8 Å². The van der Waals surface area contributed by atoms with Crippen molar-refractivity contribution in [2.45, 2.75) is 33.2 Å². The first-order valence-electron chi connectivity index (χ1n) is 5.90. The first kappa shape index (κ1) is 14.9. The summed E-state index contributed by atoms with van der Waals surface area (Å²) in [5, 5.41) is 0. The largest absolute Gasteiger partial charge is 0.392 e. The topological polar surface area (TPSA) is 66.6 Å². The van der Waals surface area contributed by atoms with Crippen molar-refractivity contribution in [3.63, 3.8) is 0 Å². The van der Waals surface area contributed by atoms with Crippen LogP contribution >= 0.6 is 12.2 Å². The van der Waals surface area contributed by atoms with E-state index in [-0.39, 0.29) is 16.8 Å². The van der Waals surface area contributed by atoms with Gasteiger partial charge in [-0.25, -0.2) is 0 Å². The highest BCUT2D eigenvalue weighted by Gasteiger charge is 2.47. The lowest BCUT2D eigenvalue weighted by Crippen LogP contribution is -2.66. The second-order valence-electron chi connectivity index (χ2n) is 5.73. The van der Waals surface area contributed by atoms with Crippen molar-refractivity contribution in [1.29, 1.82) is 0 Å². The second-order valence-corrected chi connectivity index (χ2v) is 6.17. The van der Waals surface area contributed by atoms with Crippen LogP contribution in [0, 0.1) is 5.41 Å². The Kier molecular flexibility index (Phi) is 3.72. The van der Waals surface area contributed by atoms with Crippen LogP contribution in [0.3, 0.4) is 0 Å². The Morgan fingerprint density at radius 3 is 2.33 bits per heavy atom. The van der Waals surface area contributed by atoms with E-state index in [2.05, 4.69) is 0 Å². The van der Waals surface area contributed by atoms with Crippen LogP contribution in [0.25, 0.3) is 0 Å². The molecule has 2 N–H and O–H groups in total. The van der Waals surface area contributed by atoms with E-state index in [1.807, 2.05) is 0 Å². The summed E-state index contributed by atoms with van der Waals surface area (Å²) in [5.74, 6) is -0.262. The second kappa shape index (κ2) is 4.50. The molecule has 0 radical (unpaired) electrons. The Labute approximate surface area is 113 Å². The minimum absolute atomic E-state index is 0.0687. The minimum Gasteiger partial charge on any atom is -0.392 e. The predicted octanol–water partition coefficient (Wildman–Crippen LogP) is 0.378. The Morgan fingerprint density at radius 2 is 1.89 bits per heavy atom. The van der Waals surface area contributed by atoms with Gasteiger partial charge in [-0.05, 0) is 27.7 Å². The fourth-order valence-electron chi connectivity index (χ4n) is 2.01. The molecule has 6 heteroatoms. The summed E-state index contributed by atoms with van der Waals surface area (Å²) in [7, 11) is 1.74. The summed E-state index contributed by atoms with van der Waals surface area (Å²) in [6.07, 6.45) is 0. The van der Waals surface area contributed by atoms with E-state index in [0.29, 0.717) is 13.1 Å². The molecular formula is C12H21N3O2S. The van der Waals surface area contributed by atoms with Crippen LogP contribution < -0.4 is 5.73 Å². The molecule has 18 heavy (non-hydrogen) atoms. The summed E-state index contributed by atoms with van der Waals surface area (Å²) in [5.41, 5.74) is 3.83. The summed E-state index contributed by atoms with van der Waals surface area (Å²) in [6, 6.07) is 0. The number of rotatable bonds is 2. The van der Waals surface area contributed by atoms with Gasteiger partial charge in [-0.15, -0.1) is 0 Å². The molecule has 1 heterocycles. The zero-order chi connectivity index (χ0) is 14.3. The molecule has 0 aromatic heterocycles. The predicted molar refractivity (Wildman–Crippen MR) is 74.0 cm³/mol. The average Bonchev–Trinajstić information content (AvgIpc) is 2.25. The first-order valence-corrected chi connectivity index (χ1v) is 6.31. The number of nitrogens with two attached hydrogens (primary N) is 1. The number of piperazine rings is 1. The lowest BCUT2D eigenvalue weighted by atomic mass is 9.87. The Balaban J connectivity index is 3.07. The van der Waals surface area contributed by atoms with Gasteiger partial charge in [0.1, 0.15) is 5.54 Å². The number of nitrogens with zero attached hydrogens (tertiary/aromatic N) is 2. The molecule has 0 spiro atoms. The molecule has 2 amide bonds. The van der Waals surface area contributed by atoms with Gasteiger partial charge < -0.3 is 15.5 Å². The molecule has 1 saturated heterocycles. The molecule has 0 aromatic carbocycles. The zero-order valence-corrected chi connectivity index (χ0v) is 12.4. The van der Waals surface area contributed by atoms with Gasteiger partial charge >= 0.3 is 0 Å². The Bertz CT molecular complexity index is 404. The van der Waals surface area contributed by atoms with E-state index in [4.69, 9.17) is 18.0 Å². The van der Waals surface area contributed by atoms with Crippen molar-refractivity contribution in [2.24, 2.45) is 11.1 Å². The number of carbonyl (C=O) groups is 2. The SMILES string of the molecule is CN1CCN(C(=O)C(C)(C)C(N)=S)C(C)(C)C1=O.